The molecule has 28 heavy (non-hydrogen) atoms. The van der Waals surface area contributed by atoms with Crippen molar-refractivity contribution in [2.75, 3.05) is 31.3 Å². The van der Waals surface area contributed by atoms with E-state index in [1.54, 1.807) is 0 Å². The number of aryl methyl sites for hydroxylation is 1. The average molecular weight is 382 g/mol. The standard InChI is InChI=1S/C20H26N6O2/c1-14-13-27-10-8-25(14)18-11-15(20-16(23-18)12-22-24(20)2)17-6-7-21-26(17)19-5-3-4-9-28-19/h6-7,11-12,14,19H,3-5,8-10,13H2,1-2H3/t14-,19?/m1/s1. The molecule has 3 aromatic rings. The zero-order valence-electron chi connectivity index (χ0n) is 16.4. The maximum atomic E-state index is 6.01. The molecule has 0 bridgehead atoms. The van der Waals surface area contributed by atoms with Crippen LogP contribution >= 0.6 is 0 Å². The normalized spacial score (nSPS) is 23.4. The lowest BCUT2D eigenvalue weighted by Crippen LogP contribution is -2.44. The SMILES string of the molecule is C[C@@H]1COCCN1c1cc(-c2ccnn2C2CCCCO2)c2c(cnn2C)n1. The third kappa shape index (κ3) is 2.97. The van der Waals surface area contributed by atoms with Gasteiger partial charge in [0.05, 0.1) is 36.7 Å². The Morgan fingerprint density at radius 2 is 2.11 bits per heavy atom. The molecule has 0 amide bonds. The van der Waals surface area contributed by atoms with Crippen molar-refractivity contribution in [2.24, 2.45) is 7.05 Å². The fourth-order valence-corrected chi connectivity index (χ4v) is 4.26. The van der Waals surface area contributed by atoms with Gasteiger partial charge < -0.3 is 14.4 Å². The number of hydrogen-bond donors (Lipinski definition) is 0. The number of pyridine rings is 1. The number of morpholine rings is 1. The minimum absolute atomic E-state index is 0.0130. The second kappa shape index (κ2) is 7.18. The molecule has 0 spiro atoms. The lowest BCUT2D eigenvalue weighted by atomic mass is 10.1. The predicted octanol–water partition coefficient (Wildman–Crippen LogP) is 2.76. The lowest BCUT2D eigenvalue weighted by molar-refractivity contribution is -0.0383. The van der Waals surface area contributed by atoms with Crippen molar-refractivity contribution < 1.29 is 9.47 Å². The fourth-order valence-electron chi connectivity index (χ4n) is 4.26. The Morgan fingerprint density at radius 3 is 2.93 bits per heavy atom. The van der Waals surface area contributed by atoms with Crippen LogP contribution in [0.15, 0.2) is 24.5 Å². The molecule has 5 heterocycles. The zero-order valence-corrected chi connectivity index (χ0v) is 16.4. The van der Waals surface area contributed by atoms with Gasteiger partial charge in [0.25, 0.3) is 0 Å². The number of rotatable bonds is 3. The third-order valence-electron chi connectivity index (χ3n) is 5.72. The van der Waals surface area contributed by atoms with E-state index in [2.05, 4.69) is 34.2 Å². The highest BCUT2D eigenvalue weighted by molar-refractivity contribution is 5.92. The Balaban J connectivity index is 1.64. The van der Waals surface area contributed by atoms with Gasteiger partial charge >= 0.3 is 0 Å². The molecule has 3 aromatic heterocycles. The number of aromatic nitrogens is 5. The number of hydrogen-bond acceptors (Lipinski definition) is 6. The summed E-state index contributed by atoms with van der Waals surface area (Å²) in [4.78, 5) is 7.23. The molecule has 0 saturated carbocycles. The van der Waals surface area contributed by atoms with E-state index in [0.717, 1.165) is 73.7 Å². The van der Waals surface area contributed by atoms with Gasteiger partial charge in [-0.1, -0.05) is 0 Å². The van der Waals surface area contributed by atoms with Crippen molar-refractivity contribution in [3.63, 3.8) is 0 Å². The first kappa shape index (κ1) is 17.6. The topological polar surface area (TPSA) is 70.2 Å². The maximum Gasteiger partial charge on any atom is 0.150 e. The highest BCUT2D eigenvalue weighted by Gasteiger charge is 2.25. The van der Waals surface area contributed by atoms with Crippen LogP contribution in [0.25, 0.3) is 22.3 Å². The summed E-state index contributed by atoms with van der Waals surface area (Å²) < 4.78 is 15.5. The first-order valence-corrected chi connectivity index (χ1v) is 10.0. The monoisotopic (exact) mass is 382 g/mol. The number of ether oxygens (including phenoxy) is 2. The third-order valence-corrected chi connectivity index (χ3v) is 5.72. The summed E-state index contributed by atoms with van der Waals surface area (Å²) in [5.74, 6) is 0.962. The van der Waals surface area contributed by atoms with E-state index in [0.29, 0.717) is 0 Å². The average Bonchev–Trinajstić information content (AvgIpc) is 3.36. The molecular formula is C20H26N6O2. The number of nitrogens with zero attached hydrogens (tertiary/aromatic N) is 6. The van der Waals surface area contributed by atoms with Crippen LogP contribution in [0.1, 0.15) is 32.4 Å². The second-order valence-corrected chi connectivity index (χ2v) is 7.63. The molecule has 2 fully saturated rings. The zero-order chi connectivity index (χ0) is 19.1. The number of fused-ring (bicyclic) bond motifs is 1. The van der Waals surface area contributed by atoms with E-state index in [9.17, 15) is 0 Å². The Labute approximate surface area is 164 Å². The van der Waals surface area contributed by atoms with Crippen LogP contribution in [0.5, 0.6) is 0 Å². The van der Waals surface area contributed by atoms with Crippen LogP contribution in [0.2, 0.25) is 0 Å². The molecule has 0 aliphatic carbocycles. The van der Waals surface area contributed by atoms with Gasteiger partial charge in [-0.2, -0.15) is 10.2 Å². The van der Waals surface area contributed by atoms with Gasteiger partial charge in [0.2, 0.25) is 0 Å². The van der Waals surface area contributed by atoms with Crippen molar-refractivity contribution in [3.05, 3.63) is 24.5 Å². The van der Waals surface area contributed by atoms with E-state index < -0.39 is 0 Å². The van der Waals surface area contributed by atoms with Gasteiger partial charge in [0, 0.05) is 32.0 Å². The predicted molar refractivity (Wildman–Crippen MR) is 106 cm³/mol. The summed E-state index contributed by atoms with van der Waals surface area (Å²) in [5, 5.41) is 9.07. The van der Waals surface area contributed by atoms with Gasteiger partial charge in [-0.15, -0.1) is 0 Å². The molecule has 1 unspecified atom stereocenters. The van der Waals surface area contributed by atoms with Gasteiger partial charge in [0.1, 0.15) is 11.3 Å². The molecule has 2 aliphatic heterocycles. The lowest BCUT2D eigenvalue weighted by Gasteiger charge is -2.34. The molecule has 148 valence electrons. The molecule has 8 heteroatoms. The maximum absolute atomic E-state index is 6.01. The van der Waals surface area contributed by atoms with E-state index in [1.807, 2.05) is 28.8 Å². The van der Waals surface area contributed by atoms with Crippen LogP contribution < -0.4 is 4.90 Å². The summed E-state index contributed by atoms with van der Waals surface area (Å²) >= 11 is 0. The summed E-state index contributed by atoms with van der Waals surface area (Å²) in [5.41, 5.74) is 4.05. The minimum Gasteiger partial charge on any atom is -0.377 e. The highest BCUT2D eigenvalue weighted by atomic mass is 16.5. The molecule has 0 radical (unpaired) electrons. The van der Waals surface area contributed by atoms with Gasteiger partial charge in [-0.05, 0) is 38.3 Å². The summed E-state index contributed by atoms with van der Waals surface area (Å²) in [7, 11) is 1.96. The van der Waals surface area contributed by atoms with Crippen molar-refractivity contribution in [2.45, 2.75) is 38.5 Å². The van der Waals surface area contributed by atoms with Crippen molar-refractivity contribution in [3.8, 4) is 11.3 Å². The highest BCUT2D eigenvalue weighted by Crippen LogP contribution is 2.34. The first-order valence-electron chi connectivity index (χ1n) is 10.0. The quantitative estimate of drug-likeness (QED) is 0.694. The second-order valence-electron chi connectivity index (χ2n) is 7.63. The van der Waals surface area contributed by atoms with E-state index in [-0.39, 0.29) is 12.3 Å². The summed E-state index contributed by atoms with van der Waals surface area (Å²) in [6, 6.07) is 4.52. The molecule has 0 N–H and O–H groups in total. The summed E-state index contributed by atoms with van der Waals surface area (Å²) in [6.07, 6.45) is 6.95. The Morgan fingerprint density at radius 1 is 1.18 bits per heavy atom. The van der Waals surface area contributed by atoms with Crippen LogP contribution in [0.3, 0.4) is 0 Å². The van der Waals surface area contributed by atoms with E-state index >= 15 is 0 Å². The minimum atomic E-state index is -0.0130. The molecular weight excluding hydrogens is 356 g/mol. The smallest absolute Gasteiger partial charge is 0.150 e. The first-order chi connectivity index (χ1) is 13.7. The van der Waals surface area contributed by atoms with Crippen LogP contribution in [0.4, 0.5) is 5.82 Å². The molecule has 2 saturated heterocycles. The number of anilines is 1. The van der Waals surface area contributed by atoms with Gasteiger partial charge in [-0.25, -0.2) is 9.67 Å². The summed E-state index contributed by atoms with van der Waals surface area (Å²) in [6.45, 7) is 5.24. The molecule has 8 nitrogen and oxygen atoms in total. The Hall–Kier alpha value is -2.45. The van der Waals surface area contributed by atoms with Crippen molar-refractivity contribution in [1.29, 1.82) is 0 Å². The largest absolute Gasteiger partial charge is 0.377 e. The molecule has 0 aromatic carbocycles. The Bertz CT molecular complexity index is 974. The fraction of sp³-hybridized carbons (Fsp3) is 0.550. The Kier molecular flexibility index (Phi) is 4.52. The van der Waals surface area contributed by atoms with Crippen LogP contribution in [-0.2, 0) is 16.5 Å². The van der Waals surface area contributed by atoms with Gasteiger partial charge in [0.15, 0.2) is 6.23 Å². The molecule has 2 atom stereocenters. The van der Waals surface area contributed by atoms with Crippen molar-refractivity contribution >= 4 is 16.9 Å². The van der Waals surface area contributed by atoms with E-state index in [1.165, 1.54) is 0 Å². The molecule has 5 rings (SSSR count). The molecule has 2 aliphatic rings. The van der Waals surface area contributed by atoms with Crippen LogP contribution in [0, 0.1) is 0 Å². The van der Waals surface area contributed by atoms with Crippen molar-refractivity contribution in [1.82, 2.24) is 24.5 Å². The van der Waals surface area contributed by atoms with Crippen LogP contribution in [-0.4, -0.2) is 57.0 Å². The van der Waals surface area contributed by atoms with Gasteiger partial charge in [-0.3, -0.25) is 4.68 Å². The van der Waals surface area contributed by atoms with E-state index in [4.69, 9.17) is 14.5 Å².